The van der Waals surface area contributed by atoms with Crippen molar-refractivity contribution in [2.45, 2.75) is 6.42 Å². The fraction of sp³-hybridized carbons (Fsp3) is 0.0286. The lowest BCUT2D eigenvalue weighted by atomic mass is 9.95. The van der Waals surface area contributed by atoms with Crippen LogP contribution in [0.5, 0.6) is 0 Å². The van der Waals surface area contributed by atoms with Gasteiger partial charge >= 0.3 is 0 Å². The van der Waals surface area contributed by atoms with Crippen LogP contribution in [0.2, 0.25) is 0 Å². The summed E-state index contributed by atoms with van der Waals surface area (Å²) < 4.78 is 8.89. The summed E-state index contributed by atoms with van der Waals surface area (Å²) in [5.41, 5.74) is 10.9. The molecule has 0 saturated heterocycles. The highest BCUT2D eigenvalue weighted by atomic mass is 16.3. The lowest BCUT2D eigenvalue weighted by Crippen LogP contribution is -1.94. The molecule has 2 heteroatoms. The normalized spacial score (nSPS) is 12.8. The fourth-order valence-corrected chi connectivity index (χ4v) is 6.68. The zero-order chi connectivity index (χ0) is 24.1. The number of fused-ring (bicyclic) bond motifs is 12. The van der Waals surface area contributed by atoms with Crippen LogP contribution in [-0.4, -0.2) is 4.57 Å². The minimum Gasteiger partial charge on any atom is -0.454 e. The van der Waals surface area contributed by atoms with Crippen LogP contribution in [0, 0.1) is 0 Å². The highest BCUT2D eigenvalue weighted by molar-refractivity contribution is 6.24. The maximum atomic E-state index is 6.49. The summed E-state index contributed by atoms with van der Waals surface area (Å²) >= 11 is 0. The molecule has 0 radical (unpaired) electrons. The largest absolute Gasteiger partial charge is 0.454 e. The van der Waals surface area contributed by atoms with Gasteiger partial charge in [-0.3, -0.25) is 0 Å². The Kier molecular flexibility index (Phi) is 3.61. The second kappa shape index (κ2) is 6.89. The minimum atomic E-state index is 0.923. The van der Waals surface area contributed by atoms with E-state index in [2.05, 4.69) is 114 Å². The molecule has 1 aliphatic carbocycles. The van der Waals surface area contributed by atoms with Crippen molar-refractivity contribution >= 4 is 54.5 Å². The van der Waals surface area contributed by atoms with Crippen LogP contribution in [0.15, 0.2) is 120 Å². The van der Waals surface area contributed by atoms with Crippen LogP contribution < -0.4 is 0 Å². The van der Waals surface area contributed by atoms with E-state index in [1.54, 1.807) is 0 Å². The van der Waals surface area contributed by atoms with Crippen molar-refractivity contribution in [3.63, 3.8) is 0 Å². The average molecular weight is 472 g/mol. The maximum absolute atomic E-state index is 6.49. The molecule has 2 heterocycles. The standard InChI is InChI=1S/C35H21NO/c1-2-9-23-22(8-1)20-28-24(23)18-16-21-17-19-30-34(33(21)28)27-11-3-5-13-29(27)36(30)31-14-7-12-26-25-10-4-6-15-32(25)37-35(26)31/h1-19H,20H2. The third-order valence-electron chi connectivity index (χ3n) is 8.23. The van der Waals surface area contributed by atoms with Crippen LogP contribution >= 0.6 is 0 Å². The predicted molar refractivity (Wildman–Crippen MR) is 154 cm³/mol. The molecule has 2 nitrogen and oxygen atoms in total. The Bertz CT molecular complexity index is 2230. The SMILES string of the molecule is c1ccc2c(c1)Cc1c-2ccc2ccc3c(c4ccccc4n3-c3cccc4c3oc3ccccc34)c12. The van der Waals surface area contributed by atoms with E-state index < -0.39 is 0 Å². The first-order valence-electron chi connectivity index (χ1n) is 12.8. The molecule has 0 aliphatic heterocycles. The van der Waals surface area contributed by atoms with Crippen LogP contribution in [0.3, 0.4) is 0 Å². The van der Waals surface area contributed by atoms with Crippen molar-refractivity contribution in [3.05, 3.63) is 126 Å². The van der Waals surface area contributed by atoms with E-state index in [0.29, 0.717) is 0 Å². The highest BCUT2D eigenvalue weighted by Gasteiger charge is 2.24. The third kappa shape index (κ3) is 2.45. The van der Waals surface area contributed by atoms with E-state index in [0.717, 1.165) is 34.0 Å². The van der Waals surface area contributed by atoms with Crippen LogP contribution in [-0.2, 0) is 6.42 Å². The Morgan fingerprint density at radius 1 is 0.541 bits per heavy atom. The summed E-state index contributed by atoms with van der Waals surface area (Å²) in [6, 6.07) is 41.6. The molecule has 2 aromatic heterocycles. The van der Waals surface area contributed by atoms with Crippen molar-refractivity contribution in [1.29, 1.82) is 0 Å². The second-order valence-corrected chi connectivity index (χ2v) is 10.1. The Labute approximate surface area is 213 Å². The quantitative estimate of drug-likeness (QED) is 0.233. The van der Waals surface area contributed by atoms with Crippen molar-refractivity contribution < 1.29 is 4.42 Å². The number of aromatic nitrogens is 1. The highest BCUT2D eigenvalue weighted by Crippen LogP contribution is 2.46. The van der Waals surface area contributed by atoms with Gasteiger partial charge in [0.15, 0.2) is 5.58 Å². The van der Waals surface area contributed by atoms with Gasteiger partial charge in [0.1, 0.15) is 5.58 Å². The van der Waals surface area contributed by atoms with E-state index in [4.69, 9.17) is 4.42 Å². The topological polar surface area (TPSA) is 18.1 Å². The Balaban J connectivity index is 1.46. The predicted octanol–water partition coefficient (Wildman–Crippen LogP) is 9.41. The molecule has 0 spiro atoms. The maximum Gasteiger partial charge on any atom is 0.159 e. The first-order valence-corrected chi connectivity index (χ1v) is 12.8. The van der Waals surface area contributed by atoms with Gasteiger partial charge in [-0.25, -0.2) is 0 Å². The van der Waals surface area contributed by atoms with Gasteiger partial charge in [-0.1, -0.05) is 91.0 Å². The Hall–Kier alpha value is -4.82. The molecule has 9 rings (SSSR count). The first kappa shape index (κ1) is 19.4. The molecule has 8 aromatic rings. The van der Waals surface area contributed by atoms with Gasteiger partial charge < -0.3 is 8.98 Å². The molecule has 0 saturated carbocycles. The Morgan fingerprint density at radius 3 is 2.30 bits per heavy atom. The number of hydrogen-bond donors (Lipinski definition) is 0. The number of rotatable bonds is 1. The molecule has 1 aliphatic rings. The molecule has 0 unspecified atom stereocenters. The van der Waals surface area contributed by atoms with E-state index >= 15 is 0 Å². The van der Waals surface area contributed by atoms with E-state index in [-0.39, 0.29) is 0 Å². The molecule has 0 atom stereocenters. The van der Waals surface area contributed by atoms with Crippen LogP contribution in [0.1, 0.15) is 11.1 Å². The van der Waals surface area contributed by atoms with Gasteiger partial charge in [0.2, 0.25) is 0 Å². The molecular formula is C35H21NO. The van der Waals surface area contributed by atoms with Crippen LogP contribution in [0.4, 0.5) is 0 Å². The monoisotopic (exact) mass is 471 g/mol. The summed E-state index contributed by atoms with van der Waals surface area (Å²) in [5.74, 6) is 0. The molecule has 6 aromatic carbocycles. The number of nitrogens with zero attached hydrogens (tertiary/aromatic N) is 1. The molecule has 0 N–H and O–H groups in total. The van der Waals surface area contributed by atoms with Gasteiger partial charge in [0.05, 0.1) is 16.7 Å². The molecule has 0 amide bonds. The van der Waals surface area contributed by atoms with Gasteiger partial charge in [-0.15, -0.1) is 0 Å². The van der Waals surface area contributed by atoms with Crippen molar-refractivity contribution in [2.24, 2.45) is 0 Å². The zero-order valence-corrected chi connectivity index (χ0v) is 20.0. The van der Waals surface area contributed by atoms with E-state index in [1.807, 2.05) is 6.07 Å². The summed E-state index contributed by atoms with van der Waals surface area (Å²) in [7, 11) is 0. The van der Waals surface area contributed by atoms with Crippen molar-refractivity contribution in [2.75, 3.05) is 0 Å². The third-order valence-corrected chi connectivity index (χ3v) is 8.23. The smallest absolute Gasteiger partial charge is 0.159 e. The van der Waals surface area contributed by atoms with E-state index in [1.165, 1.54) is 54.8 Å². The molecule has 0 bridgehead atoms. The molecule has 172 valence electrons. The zero-order valence-electron chi connectivity index (χ0n) is 20.0. The molecule has 37 heavy (non-hydrogen) atoms. The fourth-order valence-electron chi connectivity index (χ4n) is 6.68. The summed E-state index contributed by atoms with van der Waals surface area (Å²) in [6.07, 6.45) is 0.973. The Morgan fingerprint density at radius 2 is 1.32 bits per heavy atom. The number of para-hydroxylation sites is 3. The molecule has 0 fully saturated rings. The lowest BCUT2D eigenvalue weighted by Gasteiger charge is -2.11. The second-order valence-electron chi connectivity index (χ2n) is 10.1. The van der Waals surface area contributed by atoms with Crippen molar-refractivity contribution in [1.82, 2.24) is 4.57 Å². The average Bonchev–Trinajstić information content (AvgIpc) is 3.62. The lowest BCUT2D eigenvalue weighted by molar-refractivity contribution is 0.666. The summed E-state index contributed by atoms with van der Waals surface area (Å²) in [5, 5.41) is 7.57. The number of hydrogen-bond acceptors (Lipinski definition) is 1. The summed E-state index contributed by atoms with van der Waals surface area (Å²) in [6.45, 7) is 0. The van der Waals surface area contributed by atoms with E-state index in [9.17, 15) is 0 Å². The van der Waals surface area contributed by atoms with Crippen molar-refractivity contribution in [3.8, 4) is 16.8 Å². The number of furan rings is 1. The minimum absolute atomic E-state index is 0.923. The van der Waals surface area contributed by atoms with Gasteiger partial charge in [-0.2, -0.15) is 0 Å². The summed E-state index contributed by atoms with van der Waals surface area (Å²) in [4.78, 5) is 0. The first-order chi connectivity index (χ1) is 18.4. The van der Waals surface area contributed by atoms with Gasteiger partial charge in [0.25, 0.3) is 0 Å². The van der Waals surface area contributed by atoms with Gasteiger partial charge in [0, 0.05) is 21.5 Å². The van der Waals surface area contributed by atoms with Gasteiger partial charge in [-0.05, 0) is 63.7 Å². The number of benzene rings is 6. The van der Waals surface area contributed by atoms with Crippen LogP contribution in [0.25, 0.3) is 71.3 Å². The molecular weight excluding hydrogens is 450 g/mol.